The molecule has 0 radical (unpaired) electrons. The minimum atomic E-state index is -3.42. The van der Waals surface area contributed by atoms with Crippen LogP contribution in [0.5, 0.6) is 0 Å². The van der Waals surface area contributed by atoms with E-state index in [1.807, 2.05) is 6.07 Å². The zero-order chi connectivity index (χ0) is 14.8. The van der Waals surface area contributed by atoms with Crippen molar-refractivity contribution in [3.8, 4) is 0 Å². The summed E-state index contributed by atoms with van der Waals surface area (Å²) in [7, 11) is -3.42. The highest BCUT2D eigenvalue weighted by Gasteiger charge is 2.25. The summed E-state index contributed by atoms with van der Waals surface area (Å²) in [6, 6.07) is 7.37. The van der Waals surface area contributed by atoms with Crippen LogP contribution in [0.1, 0.15) is 26.7 Å². The molecule has 0 atom stereocenters. The van der Waals surface area contributed by atoms with E-state index in [0.717, 1.165) is 30.4 Å². The van der Waals surface area contributed by atoms with Gasteiger partial charge in [-0.25, -0.2) is 13.1 Å². The highest BCUT2D eigenvalue weighted by molar-refractivity contribution is 9.10. The molecule has 0 aliphatic carbocycles. The molecular formula is C14H21BrN2O2S. The molecular weight excluding hydrogens is 340 g/mol. The second-order valence-electron chi connectivity index (χ2n) is 5.48. The van der Waals surface area contributed by atoms with E-state index in [1.165, 1.54) is 0 Å². The van der Waals surface area contributed by atoms with Crippen molar-refractivity contribution in [2.45, 2.75) is 43.7 Å². The lowest BCUT2D eigenvalue weighted by atomic mass is 10.1. The van der Waals surface area contributed by atoms with Crippen LogP contribution in [0, 0.1) is 0 Å². The predicted molar refractivity (Wildman–Crippen MR) is 84.2 cm³/mol. The monoisotopic (exact) mass is 360 g/mol. The zero-order valence-electron chi connectivity index (χ0n) is 11.8. The average molecular weight is 361 g/mol. The van der Waals surface area contributed by atoms with Gasteiger partial charge in [0.25, 0.3) is 0 Å². The van der Waals surface area contributed by atoms with Crippen LogP contribution in [-0.2, 0) is 10.0 Å². The molecule has 0 unspecified atom stereocenters. The molecule has 4 nitrogen and oxygen atoms in total. The van der Waals surface area contributed by atoms with Crippen LogP contribution in [0.4, 0.5) is 0 Å². The SMILES string of the molecule is CC(C)N1CCC(NS(=O)(=O)c2cccc(Br)c2)CC1. The molecule has 0 saturated carbocycles. The summed E-state index contributed by atoms with van der Waals surface area (Å²) in [6.45, 7) is 6.24. The Hall–Kier alpha value is -0.430. The van der Waals surface area contributed by atoms with Gasteiger partial charge in [0.2, 0.25) is 10.0 Å². The van der Waals surface area contributed by atoms with Crippen LogP contribution in [0.3, 0.4) is 0 Å². The topological polar surface area (TPSA) is 49.4 Å². The molecule has 1 N–H and O–H groups in total. The van der Waals surface area contributed by atoms with Crippen LogP contribution in [0.25, 0.3) is 0 Å². The van der Waals surface area contributed by atoms with Crippen LogP contribution >= 0.6 is 15.9 Å². The quantitative estimate of drug-likeness (QED) is 0.897. The number of rotatable bonds is 4. The van der Waals surface area contributed by atoms with E-state index >= 15 is 0 Å². The molecule has 1 fully saturated rings. The number of nitrogens with one attached hydrogen (secondary N) is 1. The molecule has 112 valence electrons. The molecule has 1 aromatic rings. The van der Waals surface area contributed by atoms with Crippen molar-refractivity contribution >= 4 is 26.0 Å². The Morgan fingerprint density at radius 2 is 1.95 bits per heavy atom. The minimum Gasteiger partial charge on any atom is -0.301 e. The summed E-state index contributed by atoms with van der Waals surface area (Å²) >= 11 is 3.30. The van der Waals surface area contributed by atoms with Gasteiger partial charge in [0.15, 0.2) is 0 Å². The van der Waals surface area contributed by atoms with Gasteiger partial charge in [0.1, 0.15) is 0 Å². The Labute approximate surface area is 129 Å². The van der Waals surface area contributed by atoms with Gasteiger partial charge in [-0.3, -0.25) is 0 Å². The molecule has 1 aromatic carbocycles. The van der Waals surface area contributed by atoms with Gasteiger partial charge < -0.3 is 4.90 Å². The van der Waals surface area contributed by atoms with E-state index in [-0.39, 0.29) is 6.04 Å². The first-order valence-electron chi connectivity index (χ1n) is 6.90. The largest absolute Gasteiger partial charge is 0.301 e. The zero-order valence-corrected chi connectivity index (χ0v) is 14.2. The maximum absolute atomic E-state index is 12.3. The molecule has 20 heavy (non-hydrogen) atoms. The van der Waals surface area contributed by atoms with E-state index in [0.29, 0.717) is 10.9 Å². The lowest BCUT2D eigenvalue weighted by molar-refractivity contribution is 0.168. The third-order valence-electron chi connectivity index (χ3n) is 3.69. The third-order valence-corrected chi connectivity index (χ3v) is 5.70. The number of hydrogen-bond acceptors (Lipinski definition) is 3. The van der Waals surface area contributed by atoms with Crippen molar-refractivity contribution in [1.82, 2.24) is 9.62 Å². The number of benzene rings is 1. The average Bonchev–Trinajstić information content (AvgIpc) is 2.39. The first-order valence-corrected chi connectivity index (χ1v) is 9.18. The van der Waals surface area contributed by atoms with Gasteiger partial charge in [0.05, 0.1) is 4.90 Å². The molecule has 2 rings (SSSR count). The van der Waals surface area contributed by atoms with Crippen LogP contribution < -0.4 is 4.72 Å². The Kier molecular flexibility index (Phi) is 5.23. The first-order chi connectivity index (χ1) is 9.38. The number of hydrogen-bond donors (Lipinski definition) is 1. The molecule has 1 heterocycles. The molecule has 1 aliphatic heterocycles. The fraction of sp³-hybridized carbons (Fsp3) is 0.571. The van der Waals surface area contributed by atoms with Crippen LogP contribution in [0.2, 0.25) is 0 Å². The van der Waals surface area contributed by atoms with E-state index in [2.05, 4.69) is 39.4 Å². The van der Waals surface area contributed by atoms with Crippen LogP contribution in [-0.4, -0.2) is 38.5 Å². The smallest absolute Gasteiger partial charge is 0.240 e. The van der Waals surface area contributed by atoms with Gasteiger partial charge in [-0.1, -0.05) is 22.0 Å². The van der Waals surface area contributed by atoms with Gasteiger partial charge in [0, 0.05) is 16.6 Å². The highest BCUT2D eigenvalue weighted by Crippen LogP contribution is 2.19. The second-order valence-corrected chi connectivity index (χ2v) is 8.11. The molecule has 6 heteroatoms. The fourth-order valence-electron chi connectivity index (χ4n) is 2.46. The van der Waals surface area contributed by atoms with Crippen molar-refractivity contribution in [3.05, 3.63) is 28.7 Å². The molecule has 0 amide bonds. The minimum absolute atomic E-state index is 0.0361. The number of halogens is 1. The Balaban J connectivity index is 2.00. The van der Waals surface area contributed by atoms with Crippen molar-refractivity contribution in [2.75, 3.05) is 13.1 Å². The highest BCUT2D eigenvalue weighted by atomic mass is 79.9. The fourth-order valence-corrected chi connectivity index (χ4v) is 4.36. The summed E-state index contributed by atoms with van der Waals surface area (Å²) in [5.74, 6) is 0. The Bertz CT molecular complexity index is 552. The van der Waals surface area contributed by atoms with E-state index < -0.39 is 10.0 Å². The van der Waals surface area contributed by atoms with E-state index in [9.17, 15) is 8.42 Å². The summed E-state index contributed by atoms with van der Waals surface area (Å²) < 4.78 is 28.2. The first kappa shape index (κ1) is 15.9. The van der Waals surface area contributed by atoms with Crippen LogP contribution in [0.15, 0.2) is 33.6 Å². The third kappa shape index (κ3) is 4.04. The number of nitrogens with zero attached hydrogens (tertiary/aromatic N) is 1. The van der Waals surface area contributed by atoms with Gasteiger partial charge in [-0.15, -0.1) is 0 Å². The number of likely N-dealkylation sites (tertiary alicyclic amines) is 1. The van der Waals surface area contributed by atoms with Crippen molar-refractivity contribution in [3.63, 3.8) is 0 Å². The van der Waals surface area contributed by atoms with Gasteiger partial charge in [-0.2, -0.15) is 0 Å². The maximum atomic E-state index is 12.3. The second kappa shape index (κ2) is 6.56. The maximum Gasteiger partial charge on any atom is 0.240 e. The molecule has 1 aliphatic rings. The van der Waals surface area contributed by atoms with Gasteiger partial charge >= 0.3 is 0 Å². The van der Waals surface area contributed by atoms with Crippen molar-refractivity contribution in [2.24, 2.45) is 0 Å². The van der Waals surface area contributed by atoms with Gasteiger partial charge in [-0.05, 0) is 58.0 Å². The predicted octanol–water partition coefficient (Wildman–Crippen LogP) is 2.60. The van der Waals surface area contributed by atoms with Crippen molar-refractivity contribution < 1.29 is 8.42 Å². The Morgan fingerprint density at radius 1 is 1.30 bits per heavy atom. The Morgan fingerprint density at radius 3 is 2.50 bits per heavy atom. The molecule has 0 bridgehead atoms. The molecule has 1 saturated heterocycles. The van der Waals surface area contributed by atoms with E-state index in [4.69, 9.17) is 0 Å². The lowest BCUT2D eigenvalue weighted by Gasteiger charge is -2.34. The lowest BCUT2D eigenvalue weighted by Crippen LogP contribution is -2.46. The normalized spacial score (nSPS) is 18.6. The summed E-state index contributed by atoms with van der Waals surface area (Å²) in [5, 5.41) is 0. The standard InChI is InChI=1S/C14H21BrN2O2S/c1-11(2)17-8-6-13(7-9-17)16-20(18,19)14-5-3-4-12(15)10-14/h3-5,10-11,13,16H,6-9H2,1-2H3. The number of piperidine rings is 1. The summed E-state index contributed by atoms with van der Waals surface area (Å²) in [6.07, 6.45) is 1.73. The summed E-state index contributed by atoms with van der Waals surface area (Å²) in [5.41, 5.74) is 0. The summed E-state index contributed by atoms with van der Waals surface area (Å²) in [4.78, 5) is 2.70. The molecule has 0 aromatic heterocycles. The number of sulfonamides is 1. The van der Waals surface area contributed by atoms with Crippen molar-refractivity contribution in [1.29, 1.82) is 0 Å². The van der Waals surface area contributed by atoms with E-state index in [1.54, 1.807) is 18.2 Å². The molecule has 0 spiro atoms.